The van der Waals surface area contributed by atoms with Gasteiger partial charge >= 0.3 is 0 Å². The highest BCUT2D eigenvalue weighted by Gasteiger charge is 2.16. The lowest BCUT2D eigenvalue weighted by atomic mass is 10.1. The summed E-state index contributed by atoms with van der Waals surface area (Å²) in [4.78, 5) is 0. The maximum Gasteiger partial charge on any atom is 0.211 e. The molecule has 1 rings (SSSR count). The van der Waals surface area contributed by atoms with Crippen LogP contribution in [0.2, 0.25) is 0 Å². The molecule has 0 saturated carbocycles. The van der Waals surface area contributed by atoms with Crippen molar-refractivity contribution in [3.8, 4) is 0 Å². The molecule has 0 aliphatic heterocycles. The Labute approximate surface area is 115 Å². The summed E-state index contributed by atoms with van der Waals surface area (Å²) in [6.07, 6.45) is 1.08. The summed E-state index contributed by atoms with van der Waals surface area (Å²) in [6.45, 7) is 0.714. The van der Waals surface area contributed by atoms with Crippen molar-refractivity contribution < 1.29 is 13.2 Å². The SMILES string of the molecule is COCCCS(=O)(=O)NC(CN)Cc1ccccc1. The third kappa shape index (κ3) is 6.68. The minimum atomic E-state index is -3.30. The fourth-order valence-corrected chi connectivity index (χ4v) is 3.08. The van der Waals surface area contributed by atoms with E-state index in [0.717, 1.165) is 5.56 Å². The fourth-order valence-electron chi connectivity index (χ4n) is 1.78. The van der Waals surface area contributed by atoms with Crippen LogP contribution in [0.4, 0.5) is 0 Å². The summed E-state index contributed by atoms with van der Waals surface area (Å²) in [5.74, 6) is 0.0616. The van der Waals surface area contributed by atoms with E-state index in [1.807, 2.05) is 30.3 Å². The highest BCUT2D eigenvalue weighted by molar-refractivity contribution is 7.89. The number of benzene rings is 1. The van der Waals surface area contributed by atoms with Crippen molar-refractivity contribution >= 4 is 10.0 Å². The Morgan fingerprint density at radius 3 is 2.58 bits per heavy atom. The largest absolute Gasteiger partial charge is 0.385 e. The van der Waals surface area contributed by atoms with E-state index in [0.29, 0.717) is 19.4 Å². The molecule has 1 aromatic carbocycles. The summed E-state index contributed by atoms with van der Waals surface area (Å²) < 4.78 is 31.2. The quantitative estimate of drug-likeness (QED) is 0.648. The second kappa shape index (κ2) is 8.27. The smallest absolute Gasteiger partial charge is 0.211 e. The maximum absolute atomic E-state index is 11.8. The van der Waals surface area contributed by atoms with Gasteiger partial charge in [0.1, 0.15) is 0 Å². The second-order valence-corrected chi connectivity index (χ2v) is 6.28. The molecule has 1 atom stereocenters. The molecule has 6 heteroatoms. The number of sulfonamides is 1. The third-order valence-corrected chi connectivity index (χ3v) is 4.24. The van der Waals surface area contributed by atoms with E-state index in [9.17, 15) is 8.42 Å². The molecular formula is C13H22N2O3S. The van der Waals surface area contributed by atoms with Gasteiger partial charge in [0.05, 0.1) is 5.75 Å². The Kier molecular flexibility index (Phi) is 7.01. The highest BCUT2D eigenvalue weighted by Crippen LogP contribution is 2.04. The second-order valence-electron chi connectivity index (χ2n) is 4.41. The summed E-state index contributed by atoms with van der Waals surface area (Å²) in [7, 11) is -1.74. The van der Waals surface area contributed by atoms with Gasteiger partial charge in [0.2, 0.25) is 10.0 Å². The number of nitrogens with two attached hydrogens (primary N) is 1. The lowest BCUT2D eigenvalue weighted by Gasteiger charge is -2.17. The molecule has 1 aromatic rings. The van der Waals surface area contributed by atoms with Crippen LogP contribution in [0.15, 0.2) is 30.3 Å². The van der Waals surface area contributed by atoms with E-state index >= 15 is 0 Å². The predicted molar refractivity (Wildman–Crippen MR) is 76.4 cm³/mol. The Hall–Kier alpha value is -0.950. The molecule has 0 amide bonds. The Morgan fingerprint density at radius 1 is 1.32 bits per heavy atom. The molecule has 19 heavy (non-hydrogen) atoms. The van der Waals surface area contributed by atoms with E-state index in [1.54, 1.807) is 7.11 Å². The Morgan fingerprint density at radius 2 is 2.00 bits per heavy atom. The van der Waals surface area contributed by atoms with Crippen molar-refractivity contribution in [3.05, 3.63) is 35.9 Å². The van der Waals surface area contributed by atoms with Crippen LogP contribution in [0.3, 0.4) is 0 Å². The molecule has 0 heterocycles. The van der Waals surface area contributed by atoms with Gasteiger partial charge < -0.3 is 10.5 Å². The van der Waals surface area contributed by atoms with E-state index < -0.39 is 10.0 Å². The Balaban J connectivity index is 2.52. The summed E-state index contributed by atoms with van der Waals surface area (Å²) in [5, 5.41) is 0. The minimum Gasteiger partial charge on any atom is -0.385 e. The number of hydrogen-bond donors (Lipinski definition) is 2. The maximum atomic E-state index is 11.8. The fraction of sp³-hybridized carbons (Fsp3) is 0.538. The summed E-state index contributed by atoms with van der Waals surface area (Å²) >= 11 is 0. The lowest BCUT2D eigenvalue weighted by molar-refractivity contribution is 0.199. The van der Waals surface area contributed by atoms with Crippen LogP contribution in [-0.2, 0) is 21.2 Å². The van der Waals surface area contributed by atoms with Crippen molar-refractivity contribution in [2.45, 2.75) is 18.9 Å². The van der Waals surface area contributed by atoms with Crippen molar-refractivity contribution in [3.63, 3.8) is 0 Å². The van der Waals surface area contributed by atoms with Gasteiger partial charge in [-0.05, 0) is 18.4 Å². The zero-order chi connectivity index (χ0) is 14.1. The minimum absolute atomic E-state index is 0.0616. The van der Waals surface area contributed by atoms with E-state index in [2.05, 4.69) is 4.72 Å². The zero-order valence-electron chi connectivity index (χ0n) is 11.2. The predicted octanol–water partition coefficient (Wildman–Crippen LogP) is 0.512. The normalized spacial score (nSPS) is 13.4. The number of hydrogen-bond acceptors (Lipinski definition) is 4. The van der Waals surface area contributed by atoms with Gasteiger partial charge in [0.25, 0.3) is 0 Å². The van der Waals surface area contributed by atoms with E-state index in [4.69, 9.17) is 10.5 Å². The number of ether oxygens (including phenoxy) is 1. The molecule has 0 saturated heterocycles. The molecule has 0 radical (unpaired) electrons. The zero-order valence-corrected chi connectivity index (χ0v) is 12.0. The van der Waals surface area contributed by atoms with Crippen LogP contribution >= 0.6 is 0 Å². The van der Waals surface area contributed by atoms with Crippen LogP contribution in [0, 0.1) is 0 Å². The molecule has 0 aliphatic carbocycles. The van der Waals surface area contributed by atoms with Gasteiger partial charge in [0, 0.05) is 26.3 Å². The van der Waals surface area contributed by atoms with Crippen LogP contribution in [0.5, 0.6) is 0 Å². The van der Waals surface area contributed by atoms with Crippen LogP contribution < -0.4 is 10.5 Å². The molecule has 108 valence electrons. The molecule has 0 bridgehead atoms. The number of methoxy groups -OCH3 is 1. The summed E-state index contributed by atoms with van der Waals surface area (Å²) in [6, 6.07) is 9.43. The first kappa shape index (κ1) is 16.1. The van der Waals surface area contributed by atoms with Crippen molar-refractivity contribution in [1.29, 1.82) is 0 Å². The van der Waals surface area contributed by atoms with Crippen LogP contribution in [0.25, 0.3) is 0 Å². The number of nitrogens with one attached hydrogen (secondary N) is 1. The average molecular weight is 286 g/mol. The standard InChI is InChI=1S/C13H22N2O3S/c1-18-8-5-9-19(16,17)15-13(11-14)10-12-6-3-2-4-7-12/h2-4,6-7,13,15H,5,8-11,14H2,1H3. The van der Waals surface area contributed by atoms with Gasteiger partial charge in [-0.1, -0.05) is 30.3 Å². The molecule has 0 aliphatic rings. The topological polar surface area (TPSA) is 81.4 Å². The van der Waals surface area contributed by atoms with Crippen LogP contribution in [0.1, 0.15) is 12.0 Å². The van der Waals surface area contributed by atoms with Gasteiger partial charge in [-0.3, -0.25) is 0 Å². The number of rotatable bonds is 9. The lowest BCUT2D eigenvalue weighted by Crippen LogP contribution is -2.42. The van der Waals surface area contributed by atoms with Gasteiger partial charge in [-0.2, -0.15) is 0 Å². The molecule has 1 unspecified atom stereocenters. The first-order valence-corrected chi connectivity index (χ1v) is 7.95. The molecule has 3 N–H and O–H groups in total. The van der Waals surface area contributed by atoms with Crippen molar-refractivity contribution in [2.24, 2.45) is 5.73 Å². The highest BCUT2D eigenvalue weighted by atomic mass is 32.2. The Bertz CT molecular complexity index is 448. The van der Waals surface area contributed by atoms with Crippen molar-refractivity contribution in [2.75, 3.05) is 26.0 Å². The molecule has 5 nitrogen and oxygen atoms in total. The van der Waals surface area contributed by atoms with E-state index in [-0.39, 0.29) is 18.3 Å². The van der Waals surface area contributed by atoms with Gasteiger partial charge in [-0.25, -0.2) is 13.1 Å². The molecule has 0 fully saturated rings. The first-order chi connectivity index (χ1) is 9.07. The van der Waals surface area contributed by atoms with Gasteiger partial charge in [-0.15, -0.1) is 0 Å². The third-order valence-electron chi connectivity index (χ3n) is 2.72. The van der Waals surface area contributed by atoms with Gasteiger partial charge in [0.15, 0.2) is 0 Å². The van der Waals surface area contributed by atoms with Crippen molar-refractivity contribution in [1.82, 2.24) is 4.72 Å². The molecule has 0 aromatic heterocycles. The monoisotopic (exact) mass is 286 g/mol. The van der Waals surface area contributed by atoms with Crippen LogP contribution in [-0.4, -0.2) is 40.5 Å². The summed E-state index contributed by atoms with van der Waals surface area (Å²) in [5.41, 5.74) is 6.70. The van der Waals surface area contributed by atoms with E-state index in [1.165, 1.54) is 0 Å². The molecule has 0 spiro atoms. The average Bonchev–Trinajstić information content (AvgIpc) is 2.39. The molecular weight excluding hydrogens is 264 g/mol. The first-order valence-electron chi connectivity index (χ1n) is 6.30.